The monoisotopic (exact) mass is 451 g/mol. The average molecular weight is 452 g/mol. The molecule has 1 N–H and O–H groups in total. The number of nitrogens with one attached hydrogen (secondary N) is 1. The molecule has 4 aromatic rings. The summed E-state index contributed by atoms with van der Waals surface area (Å²) in [5.74, 6) is 0.397. The summed E-state index contributed by atoms with van der Waals surface area (Å²) in [5.41, 5.74) is 1.19. The van der Waals surface area contributed by atoms with Crippen molar-refractivity contribution in [1.82, 2.24) is 24.6 Å². The highest BCUT2D eigenvalue weighted by Gasteiger charge is 2.15. The van der Waals surface area contributed by atoms with Crippen molar-refractivity contribution in [2.24, 2.45) is 0 Å². The number of benzene rings is 2. The number of carbonyl (C=O) groups excluding carboxylic acids is 1. The van der Waals surface area contributed by atoms with E-state index in [-0.39, 0.29) is 11.5 Å². The number of aromatic nitrogens is 4. The first-order valence-electron chi connectivity index (χ1n) is 10.2. The summed E-state index contributed by atoms with van der Waals surface area (Å²) in [6.07, 6.45) is 2.36. The largest absolute Gasteiger partial charge is 0.481 e. The predicted octanol–water partition coefficient (Wildman–Crippen LogP) is 2.88. The van der Waals surface area contributed by atoms with Crippen LogP contribution in [0.25, 0.3) is 11.0 Å². The molecular weight excluding hydrogens is 430 g/mol. The van der Waals surface area contributed by atoms with Crippen molar-refractivity contribution < 1.29 is 9.53 Å². The minimum Gasteiger partial charge on any atom is -0.481 e. The van der Waals surface area contributed by atoms with E-state index in [4.69, 9.17) is 16.3 Å². The molecule has 1 unspecified atom stereocenters. The lowest BCUT2D eigenvalue weighted by atomic mass is 10.2. The van der Waals surface area contributed by atoms with E-state index < -0.39 is 6.10 Å². The van der Waals surface area contributed by atoms with Crippen LogP contribution in [-0.4, -0.2) is 37.9 Å². The topological polar surface area (TPSA) is 91.0 Å². The summed E-state index contributed by atoms with van der Waals surface area (Å²) in [4.78, 5) is 29.5. The van der Waals surface area contributed by atoms with Gasteiger partial charge in [-0.05, 0) is 36.8 Å². The standard InChI is InChI=1S/C23H22ClN5O3/c1-16(32-19-8-3-2-4-9-19)22(30)25-10-11-29-21-20(13-27-29)23(31)28(15-26-21)14-17-6-5-7-18(24)12-17/h2-9,12-13,15-16H,10-11,14H2,1H3,(H,25,30). The van der Waals surface area contributed by atoms with Crippen LogP contribution < -0.4 is 15.6 Å². The van der Waals surface area contributed by atoms with Crippen molar-refractivity contribution in [2.45, 2.75) is 26.1 Å². The van der Waals surface area contributed by atoms with E-state index in [9.17, 15) is 9.59 Å². The molecule has 0 fully saturated rings. The third-order valence-electron chi connectivity index (χ3n) is 4.91. The molecule has 0 spiro atoms. The van der Waals surface area contributed by atoms with Crippen LogP contribution in [0.15, 0.2) is 71.9 Å². The lowest BCUT2D eigenvalue weighted by Gasteiger charge is -2.14. The summed E-state index contributed by atoms with van der Waals surface area (Å²) in [6, 6.07) is 16.5. The second-order valence-corrected chi connectivity index (χ2v) is 7.71. The second kappa shape index (κ2) is 9.65. The minimum atomic E-state index is -0.636. The molecule has 32 heavy (non-hydrogen) atoms. The van der Waals surface area contributed by atoms with Gasteiger partial charge in [0.05, 0.1) is 19.3 Å². The van der Waals surface area contributed by atoms with Gasteiger partial charge < -0.3 is 10.1 Å². The molecule has 0 radical (unpaired) electrons. The highest BCUT2D eigenvalue weighted by molar-refractivity contribution is 6.30. The molecule has 2 aromatic heterocycles. The summed E-state index contributed by atoms with van der Waals surface area (Å²) in [5, 5.41) is 8.12. The molecule has 1 atom stereocenters. The van der Waals surface area contributed by atoms with Gasteiger partial charge in [-0.15, -0.1) is 0 Å². The van der Waals surface area contributed by atoms with Crippen molar-refractivity contribution in [3.63, 3.8) is 0 Å². The Balaban J connectivity index is 1.38. The van der Waals surface area contributed by atoms with Crippen LogP contribution in [0.3, 0.4) is 0 Å². The molecule has 4 rings (SSSR count). The fourth-order valence-electron chi connectivity index (χ4n) is 3.29. The van der Waals surface area contributed by atoms with Gasteiger partial charge in [-0.3, -0.25) is 14.2 Å². The van der Waals surface area contributed by atoms with Crippen LogP contribution in [0.4, 0.5) is 0 Å². The van der Waals surface area contributed by atoms with Gasteiger partial charge in [-0.1, -0.05) is 41.9 Å². The number of hydrogen-bond donors (Lipinski definition) is 1. The Kier molecular flexibility index (Phi) is 6.51. The number of fused-ring (bicyclic) bond motifs is 1. The molecule has 0 aliphatic carbocycles. The number of carbonyl (C=O) groups is 1. The van der Waals surface area contributed by atoms with Crippen molar-refractivity contribution in [2.75, 3.05) is 6.54 Å². The van der Waals surface area contributed by atoms with Crippen LogP contribution in [0.5, 0.6) is 5.75 Å². The summed E-state index contributed by atoms with van der Waals surface area (Å²) in [6.45, 7) is 2.75. The van der Waals surface area contributed by atoms with Gasteiger partial charge in [0.2, 0.25) is 0 Å². The average Bonchev–Trinajstić information content (AvgIpc) is 3.20. The number of rotatable bonds is 8. The number of halogens is 1. The van der Waals surface area contributed by atoms with Gasteiger partial charge in [-0.2, -0.15) is 5.10 Å². The SMILES string of the molecule is CC(Oc1ccccc1)C(=O)NCCn1ncc2c(=O)n(Cc3cccc(Cl)c3)cnc21. The van der Waals surface area contributed by atoms with Gasteiger partial charge in [0.15, 0.2) is 11.8 Å². The lowest BCUT2D eigenvalue weighted by Crippen LogP contribution is -2.38. The summed E-state index contributed by atoms with van der Waals surface area (Å²) >= 11 is 6.03. The first-order chi connectivity index (χ1) is 15.5. The molecule has 0 aliphatic rings. The Labute approximate surface area is 189 Å². The van der Waals surface area contributed by atoms with Gasteiger partial charge in [-0.25, -0.2) is 9.67 Å². The Morgan fingerprint density at radius 1 is 1.19 bits per heavy atom. The quantitative estimate of drug-likeness (QED) is 0.445. The molecule has 0 saturated heterocycles. The second-order valence-electron chi connectivity index (χ2n) is 7.28. The van der Waals surface area contributed by atoms with E-state index in [1.807, 2.05) is 36.4 Å². The Morgan fingerprint density at radius 3 is 2.78 bits per heavy atom. The number of ether oxygens (including phenoxy) is 1. The highest BCUT2D eigenvalue weighted by atomic mass is 35.5. The first kappa shape index (κ1) is 21.6. The maximum absolute atomic E-state index is 12.8. The molecule has 0 aliphatic heterocycles. The van der Waals surface area contributed by atoms with Gasteiger partial charge >= 0.3 is 0 Å². The molecule has 0 bridgehead atoms. The van der Waals surface area contributed by atoms with Crippen LogP contribution in [0.1, 0.15) is 12.5 Å². The molecule has 0 saturated carbocycles. The van der Waals surface area contributed by atoms with Crippen molar-refractivity contribution in [3.8, 4) is 5.75 Å². The van der Waals surface area contributed by atoms with Gasteiger partial charge in [0, 0.05) is 11.6 Å². The predicted molar refractivity (Wildman–Crippen MR) is 122 cm³/mol. The Hall–Kier alpha value is -3.65. The van der Waals surface area contributed by atoms with E-state index in [0.29, 0.717) is 41.4 Å². The fourth-order valence-corrected chi connectivity index (χ4v) is 3.50. The molecular formula is C23H22ClN5O3. The molecule has 2 heterocycles. The van der Waals surface area contributed by atoms with Crippen molar-refractivity contribution in [1.29, 1.82) is 0 Å². The molecule has 164 valence electrons. The van der Waals surface area contributed by atoms with E-state index in [1.165, 1.54) is 17.1 Å². The number of nitrogens with zero attached hydrogens (tertiary/aromatic N) is 4. The molecule has 8 nitrogen and oxygen atoms in total. The highest BCUT2D eigenvalue weighted by Crippen LogP contribution is 2.13. The van der Waals surface area contributed by atoms with E-state index in [1.54, 1.807) is 29.8 Å². The maximum atomic E-state index is 12.8. The van der Waals surface area contributed by atoms with Crippen LogP contribution in [-0.2, 0) is 17.9 Å². The van der Waals surface area contributed by atoms with E-state index in [2.05, 4.69) is 15.4 Å². The zero-order valence-electron chi connectivity index (χ0n) is 17.4. The smallest absolute Gasteiger partial charge is 0.264 e. The fraction of sp³-hybridized carbons (Fsp3) is 0.217. The number of para-hydroxylation sites is 1. The molecule has 1 amide bonds. The first-order valence-corrected chi connectivity index (χ1v) is 10.5. The Bertz CT molecular complexity index is 1290. The number of hydrogen-bond acceptors (Lipinski definition) is 5. The minimum absolute atomic E-state index is 0.185. The van der Waals surface area contributed by atoms with Crippen LogP contribution in [0, 0.1) is 0 Å². The van der Waals surface area contributed by atoms with Gasteiger partial charge in [0.25, 0.3) is 11.5 Å². The van der Waals surface area contributed by atoms with Crippen molar-refractivity contribution >= 4 is 28.5 Å². The van der Waals surface area contributed by atoms with Crippen molar-refractivity contribution in [3.05, 3.63) is 88.1 Å². The number of amides is 1. The zero-order chi connectivity index (χ0) is 22.5. The van der Waals surface area contributed by atoms with E-state index in [0.717, 1.165) is 5.56 Å². The van der Waals surface area contributed by atoms with Crippen LogP contribution >= 0.6 is 11.6 Å². The Morgan fingerprint density at radius 2 is 2.00 bits per heavy atom. The molecule has 2 aromatic carbocycles. The van der Waals surface area contributed by atoms with Crippen LogP contribution in [0.2, 0.25) is 5.02 Å². The lowest BCUT2D eigenvalue weighted by molar-refractivity contribution is -0.127. The van der Waals surface area contributed by atoms with E-state index >= 15 is 0 Å². The summed E-state index contributed by atoms with van der Waals surface area (Å²) in [7, 11) is 0. The maximum Gasteiger partial charge on any atom is 0.264 e. The third-order valence-corrected chi connectivity index (χ3v) is 5.15. The third kappa shape index (κ3) is 4.97. The zero-order valence-corrected chi connectivity index (χ0v) is 18.2. The van der Waals surface area contributed by atoms with Gasteiger partial charge in [0.1, 0.15) is 17.5 Å². The molecule has 9 heteroatoms. The normalized spacial score (nSPS) is 11.9. The summed E-state index contributed by atoms with van der Waals surface area (Å²) < 4.78 is 8.74.